The molecular formula is C16H17NO5. The molecule has 116 valence electrons. The standard InChI is InChI=1S/C16H17NO5/c1-4-21-16(20)12-8-17-13-7-10(15(19)22-9(2)3)5-6-11(13)14(12)18/h5-9H,4H2,1-3H3,(H,17,18). The van der Waals surface area contributed by atoms with Crippen LogP contribution in [0.4, 0.5) is 0 Å². The fraction of sp³-hybridized carbons (Fsp3) is 0.312. The van der Waals surface area contributed by atoms with Gasteiger partial charge in [0.2, 0.25) is 5.43 Å². The van der Waals surface area contributed by atoms with Gasteiger partial charge < -0.3 is 14.5 Å². The van der Waals surface area contributed by atoms with Crippen LogP contribution < -0.4 is 5.43 Å². The highest BCUT2D eigenvalue weighted by Gasteiger charge is 2.16. The minimum absolute atomic E-state index is 0.0631. The van der Waals surface area contributed by atoms with Crippen molar-refractivity contribution in [3.63, 3.8) is 0 Å². The maximum absolute atomic E-state index is 12.3. The highest BCUT2D eigenvalue weighted by atomic mass is 16.5. The van der Waals surface area contributed by atoms with Crippen molar-refractivity contribution in [1.82, 2.24) is 4.98 Å². The molecule has 0 aliphatic carbocycles. The van der Waals surface area contributed by atoms with E-state index in [0.717, 1.165) is 0 Å². The zero-order valence-corrected chi connectivity index (χ0v) is 12.6. The minimum atomic E-state index is -0.672. The van der Waals surface area contributed by atoms with Gasteiger partial charge in [-0.2, -0.15) is 0 Å². The summed E-state index contributed by atoms with van der Waals surface area (Å²) >= 11 is 0. The van der Waals surface area contributed by atoms with Crippen molar-refractivity contribution in [2.75, 3.05) is 6.61 Å². The van der Waals surface area contributed by atoms with Crippen LogP contribution in [0.3, 0.4) is 0 Å². The molecule has 22 heavy (non-hydrogen) atoms. The normalized spacial score (nSPS) is 10.7. The second-order valence-electron chi connectivity index (χ2n) is 4.97. The molecule has 0 aliphatic rings. The molecule has 1 aromatic heterocycles. The summed E-state index contributed by atoms with van der Waals surface area (Å²) < 4.78 is 9.93. The first-order valence-corrected chi connectivity index (χ1v) is 6.97. The predicted octanol–water partition coefficient (Wildman–Crippen LogP) is 2.27. The number of hydrogen-bond acceptors (Lipinski definition) is 5. The average molecular weight is 303 g/mol. The van der Waals surface area contributed by atoms with Crippen LogP contribution in [0.5, 0.6) is 0 Å². The Bertz CT molecular complexity index is 776. The second-order valence-corrected chi connectivity index (χ2v) is 4.97. The summed E-state index contributed by atoms with van der Waals surface area (Å²) in [6, 6.07) is 4.52. The molecule has 1 heterocycles. The van der Waals surface area contributed by atoms with Crippen molar-refractivity contribution in [2.24, 2.45) is 0 Å². The lowest BCUT2D eigenvalue weighted by Gasteiger charge is -2.08. The molecule has 0 radical (unpaired) electrons. The molecule has 0 spiro atoms. The van der Waals surface area contributed by atoms with Crippen molar-refractivity contribution in [3.05, 3.63) is 45.7 Å². The van der Waals surface area contributed by atoms with E-state index in [2.05, 4.69) is 4.98 Å². The summed E-state index contributed by atoms with van der Waals surface area (Å²) in [6.45, 7) is 5.37. The molecule has 0 atom stereocenters. The van der Waals surface area contributed by atoms with Crippen LogP contribution in [0.15, 0.2) is 29.2 Å². The number of esters is 2. The number of aromatic amines is 1. The first kappa shape index (κ1) is 15.8. The summed E-state index contributed by atoms with van der Waals surface area (Å²) in [7, 11) is 0. The number of hydrogen-bond donors (Lipinski definition) is 1. The van der Waals surface area contributed by atoms with E-state index in [-0.39, 0.29) is 18.3 Å². The topological polar surface area (TPSA) is 85.5 Å². The lowest BCUT2D eigenvalue weighted by molar-refractivity contribution is 0.0377. The molecule has 0 aliphatic heterocycles. The summed E-state index contributed by atoms with van der Waals surface area (Å²) in [5.74, 6) is -1.14. The van der Waals surface area contributed by atoms with Crippen molar-refractivity contribution >= 4 is 22.8 Å². The van der Waals surface area contributed by atoms with Gasteiger partial charge in [0, 0.05) is 11.6 Å². The zero-order chi connectivity index (χ0) is 16.3. The van der Waals surface area contributed by atoms with Crippen LogP contribution in [0, 0.1) is 0 Å². The number of carbonyl (C=O) groups is 2. The van der Waals surface area contributed by atoms with Gasteiger partial charge in [-0.1, -0.05) is 0 Å². The van der Waals surface area contributed by atoms with E-state index < -0.39 is 17.4 Å². The lowest BCUT2D eigenvalue weighted by Crippen LogP contribution is -2.18. The highest BCUT2D eigenvalue weighted by molar-refractivity contribution is 5.97. The molecule has 2 aromatic rings. The third-order valence-corrected chi connectivity index (χ3v) is 2.95. The summed E-state index contributed by atoms with van der Waals surface area (Å²) in [5, 5.41) is 0.312. The molecule has 0 saturated heterocycles. The van der Waals surface area contributed by atoms with E-state index in [1.54, 1.807) is 20.8 Å². The molecule has 2 rings (SSSR count). The van der Waals surface area contributed by atoms with Crippen LogP contribution in [0.2, 0.25) is 0 Å². The van der Waals surface area contributed by atoms with Gasteiger partial charge in [-0.25, -0.2) is 9.59 Å². The SMILES string of the molecule is CCOC(=O)c1c[nH]c2cc(C(=O)OC(C)C)ccc2c1=O. The van der Waals surface area contributed by atoms with Gasteiger partial charge in [-0.15, -0.1) is 0 Å². The Morgan fingerprint density at radius 2 is 1.95 bits per heavy atom. The quantitative estimate of drug-likeness (QED) is 0.876. The van der Waals surface area contributed by atoms with E-state index in [0.29, 0.717) is 16.5 Å². The van der Waals surface area contributed by atoms with E-state index in [1.165, 1.54) is 24.4 Å². The Hall–Kier alpha value is -2.63. The number of aromatic nitrogens is 1. The fourth-order valence-corrected chi connectivity index (χ4v) is 1.99. The number of carbonyl (C=O) groups excluding carboxylic acids is 2. The number of fused-ring (bicyclic) bond motifs is 1. The van der Waals surface area contributed by atoms with Gasteiger partial charge in [0.15, 0.2) is 0 Å². The van der Waals surface area contributed by atoms with Crippen LogP contribution >= 0.6 is 0 Å². The Kier molecular flexibility index (Phi) is 4.60. The zero-order valence-electron chi connectivity index (χ0n) is 12.6. The minimum Gasteiger partial charge on any atom is -0.462 e. The Morgan fingerprint density at radius 1 is 1.23 bits per heavy atom. The van der Waals surface area contributed by atoms with Gasteiger partial charge >= 0.3 is 11.9 Å². The number of nitrogens with one attached hydrogen (secondary N) is 1. The van der Waals surface area contributed by atoms with E-state index in [9.17, 15) is 14.4 Å². The molecule has 6 heteroatoms. The molecule has 0 fully saturated rings. The molecule has 0 unspecified atom stereocenters. The first-order chi connectivity index (χ1) is 10.4. The smallest absolute Gasteiger partial charge is 0.343 e. The number of ether oxygens (including phenoxy) is 2. The first-order valence-electron chi connectivity index (χ1n) is 6.97. The average Bonchev–Trinajstić information content (AvgIpc) is 2.46. The molecule has 0 amide bonds. The second kappa shape index (κ2) is 6.43. The van der Waals surface area contributed by atoms with Gasteiger partial charge in [0.1, 0.15) is 5.56 Å². The molecule has 0 bridgehead atoms. The number of H-pyrrole nitrogens is 1. The van der Waals surface area contributed by atoms with E-state index in [1.807, 2.05) is 0 Å². The monoisotopic (exact) mass is 303 g/mol. The largest absolute Gasteiger partial charge is 0.462 e. The Morgan fingerprint density at radius 3 is 2.59 bits per heavy atom. The van der Waals surface area contributed by atoms with Crippen LogP contribution in [0.25, 0.3) is 10.9 Å². The van der Waals surface area contributed by atoms with Gasteiger partial charge in [0.25, 0.3) is 0 Å². The van der Waals surface area contributed by atoms with E-state index >= 15 is 0 Å². The Labute approximate surface area is 127 Å². The fourth-order valence-electron chi connectivity index (χ4n) is 1.99. The van der Waals surface area contributed by atoms with Crippen LogP contribution in [-0.4, -0.2) is 29.6 Å². The molecule has 1 aromatic carbocycles. The van der Waals surface area contributed by atoms with Gasteiger partial charge in [-0.05, 0) is 39.0 Å². The van der Waals surface area contributed by atoms with Crippen molar-refractivity contribution < 1.29 is 19.1 Å². The molecular weight excluding hydrogens is 286 g/mol. The van der Waals surface area contributed by atoms with Crippen molar-refractivity contribution in [1.29, 1.82) is 0 Å². The third kappa shape index (κ3) is 3.16. The molecule has 1 N–H and O–H groups in total. The van der Waals surface area contributed by atoms with Crippen molar-refractivity contribution in [2.45, 2.75) is 26.9 Å². The van der Waals surface area contributed by atoms with Gasteiger partial charge in [-0.3, -0.25) is 4.79 Å². The van der Waals surface area contributed by atoms with Gasteiger partial charge in [0.05, 0.1) is 23.8 Å². The molecule has 6 nitrogen and oxygen atoms in total. The third-order valence-electron chi connectivity index (χ3n) is 2.95. The van der Waals surface area contributed by atoms with Crippen LogP contribution in [0.1, 0.15) is 41.5 Å². The maximum Gasteiger partial charge on any atom is 0.343 e. The summed E-state index contributed by atoms with van der Waals surface area (Å²) in [5.41, 5.74) is 0.292. The Balaban J connectivity index is 2.45. The van der Waals surface area contributed by atoms with Crippen LogP contribution in [-0.2, 0) is 9.47 Å². The lowest BCUT2D eigenvalue weighted by atomic mass is 10.1. The maximum atomic E-state index is 12.3. The van der Waals surface area contributed by atoms with E-state index in [4.69, 9.17) is 9.47 Å². The highest BCUT2D eigenvalue weighted by Crippen LogP contribution is 2.13. The summed E-state index contributed by atoms with van der Waals surface area (Å²) in [4.78, 5) is 38.7. The number of benzene rings is 1. The number of rotatable bonds is 4. The number of pyridine rings is 1. The predicted molar refractivity (Wildman–Crippen MR) is 81.1 cm³/mol. The molecule has 0 saturated carbocycles. The summed E-state index contributed by atoms with van der Waals surface area (Å²) in [6.07, 6.45) is 1.06. The van der Waals surface area contributed by atoms with Crippen molar-refractivity contribution in [3.8, 4) is 0 Å².